The SMILES string of the molecule is NC(=O)c1ccc(C(=O)N2CCCCC[C@H]2c2noc(-c3ccccc3)n2)nc1. The number of nitrogens with two attached hydrogens (primary N) is 1. The summed E-state index contributed by atoms with van der Waals surface area (Å²) in [6.45, 7) is 0.581. The molecule has 3 heterocycles. The molecule has 0 aliphatic carbocycles. The fraction of sp³-hybridized carbons (Fsp3) is 0.286. The minimum absolute atomic E-state index is 0.223. The van der Waals surface area contributed by atoms with Crippen molar-refractivity contribution < 1.29 is 14.1 Å². The summed E-state index contributed by atoms with van der Waals surface area (Å²) >= 11 is 0. The average molecular weight is 391 g/mol. The molecule has 0 saturated carbocycles. The maximum absolute atomic E-state index is 13.2. The molecule has 8 heteroatoms. The van der Waals surface area contributed by atoms with Crippen molar-refractivity contribution >= 4 is 11.8 Å². The molecular formula is C21H21N5O3. The van der Waals surface area contributed by atoms with Crippen LogP contribution in [0.25, 0.3) is 11.5 Å². The van der Waals surface area contributed by atoms with Crippen LogP contribution in [0.1, 0.15) is 58.4 Å². The van der Waals surface area contributed by atoms with Gasteiger partial charge < -0.3 is 15.2 Å². The summed E-state index contributed by atoms with van der Waals surface area (Å²) < 4.78 is 5.45. The van der Waals surface area contributed by atoms with E-state index in [1.165, 1.54) is 18.3 Å². The molecule has 0 bridgehead atoms. The van der Waals surface area contributed by atoms with Gasteiger partial charge in [0.05, 0.1) is 11.6 Å². The molecule has 0 spiro atoms. The van der Waals surface area contributed by atoms with E-state index in [1.54, 1.807) is 4.90 Å². The van der Waals surface area contributed by atoms with Crippen molar-refractivity contribution in [3.05, 3.63) is 65.7 Å². The predicted molar refractivity (Wildman–Crippen MR) is 105 cm³/mol. The van der Waals surface area contributed by atoms with E-state index in [1.807, 2.05) is 30.3 Å². The van der Waals surface area contributed by atoms with Crippen LogP contribution in [0.4, 0.5) is 0 Å². The second-order valence-electron chi connectivity index (χ2n) is 6.98. The van der Waals surface area contributed by atoms with Crippen LogP contribution >= 0.6 is 0 Å². The molecule has 4 rings (SSSR count). The van der Waals surface area contributed by atoms with Crippen molar-refractivity contribution in [2.45, 2.75) is 31.7 Å². The van der Waals surface area contributed by atoms with Gasteiger partial charge >= 0.3 is 0 Å². The standard InChI is InChI=1S/C21H21N5O3/c22-18(27)15-10-11-16(23-13-15)21(28)26-12-6-2-5-9-17(26)19-24-20(29-25-19)14-7-3-1-4-8-14/h1,3-4,7-8,10-11,13,17H,2,5-6,9,12H2,(H2,22,27)/t17-/m0/s1. The van der Waals surface area contributed by atoms with Gasteiger partial charge in [0.25, 0.3) is 11.8 Å². The zero-order chi connectivity index (χ0) is 20.2. The van der Waals surface area contributed by atoms with Crippen molar-refractivity contribution in [1.82, 2.24) is 20.0 Å². The smallest absolute Gasteiger partial charge is 0.273 e. The molecule has 1 aromatic carbocycles. The molecule has 1 saturated heterocycles. The van der Waals surface area contributed by atoms with Crippen molar-refractivity contribution in [1.29, 1.82) is 0 Å². The fourth-order valence-electron chi connectivity index (χ4n) is 3.50. The number of carbonyl (C=O) groups is 2. The lowest BCUT2D eigenvalue weighted by Crippen LogP contribution is -2.36. The monoisotopic (exact) mass is 391 g/mol. The zero-order valence-corrected chi connectivity index (χ0v) is 15.8. The summed E-state index contributed by atoms with van der Waals surface area (Å²) in [5, 5.41) is 4.16. The van der Waals surface area contributed by atoms with E-state index < -0.39 is 5.91 Å². The van der Waals surface area contributed by atoms with E-state index in [-0.39, 0.29) is 23.2 Å². The minimum atomic E-state index is -0.579. The lowest BCUT2D eigenvalue weighted by atomic mass is 10.1. The van der Waals surface area contributed by atoms with E-state index in [4.69, 9.17) is 10.3 Å². The van der Waals surface area contributed by atoms with Crippen LogP contribution in [0.15, 0.2) is 53.2 Å². The molecule has 1 atom stereocenters. The van der Waals surface area contributed by atoms with E-state index in [0.29, 0.717) is 18.3 Å². The number of aromatic nitrogens is 3. The minimum Gasteiger partial charge on any atom is -0.366 e. The van der Waals surface area contributed by atoms with Crippen LogP contribution in [0.2, 0.25) is 0 Å². The lowest BCUT2D eigenvalue weighted by molar-refractivity contribution is 0.0664. The third-order valence-electron chi connectivity index (χ3n) is 5.04. The molecule has 2 amide bonds. The number of likely N-dealkylation sites (tertiary alicyclic amines) is 1. The first-order valence-corrected chi connectivity index (χ1v) is 9.59. The van der Waals surface area contributed by atoms with E-state index in [9.17, 15) is 9.59 Å². The highest BCUT2D eigenvalue weighted by Gasteiger charge is 2.31. The second-order valence-corrected chi connectivity index (χ2v) is 6.98. The van der Waals surface area contributed by atoms with Gasteiger partial charge in [0, 0.05) is 18.3 Å². The number of benzene rings is 1. The molecule has 1 aliphatic rings. The van der Waals surface area contributed by atoms with E-state index >= 15 is 0 Å². The molecule has 0 unspecified atom stereocenters. The molecule has 8 nitrogen and oxygen atoms in total. The number of carbonyl (C=O) groups excluding carboxylic acids is 2. The predicted octanol–water partition coefficient (Wildman–Crippen LogP) is 2.99. The van der Waals surface area contributed by atoms with E-state index in [2.05, 4.69) is 15.1 Å². The van der Waals surface area contributed by atoms with E-state index in [0.717, 1.165) is 31.2 Å². The Kier molecular flexibility index (Phi) is 5.33. The van der Waals surface area contributed by atoms with Gasteiger partial charge in [0.1, 0.15) is 5.69 Å². The Balaban J connectivity index is 1.61. The number of hydrogen-bond acceptors (Lipinski definition) is 6. The topological polar surface area (TPSA) is 115 Å². The highest BCUT2D eigenvalue weighted by atomic mass is 16.5. The zero-order valence-electron chi connectivity index (χ0n) is 15.8. The van der Waals surface area contributed by atoms with Gasteiger partial charge in [-0.1, -0.05) is 36.2 Å². The summed E-state index contributed by atoms with van der Waals surface area (Å²) in [4.78, 5) is 34.8. The van der Waals surface area contributed by atoms with Crippen molar-refractivity contribution in [3.63, 3.8) is 0 Å². The Morgan fingerprint density at radius 3 is 2.62 bits per heavy atom. The first-order valence-electron chi connectivity index (χ1n) is 9.59. The first-order chi connectivity index (χ1) is 14.1. The Morgan fingerprint density at radius 1 is 1.07 bits per heavy atom. The number of hydrogen-bond donors (Lipinski definition) is 1. The van der Waals surface area contributed by atoms with Gasteiger partial charge in [0.15, 0.2) is 5.82 Å². The number of primary amides is 1. The van der Waals surface area contributed by atoms with Crippen molar-refractivity contribution in [2.75, 3.05) is 6.54 Å². The average Bonchev–Trinajstić information content (AvgIpc) is 3.12. The molecule has 0 radical (unpaired) electrons. The first kappa shape index (κ1) is 18.8. The molecule has 1 aliphatic heterocycles. The molecule has 2 aromatic heterocycles. The Bertz CT molecular complexity index is 1000. The Labute approximate surface area is 167 Å². The maximum atomic E-state index is 13.2. The normalized spacial score (nSPS) is 17.0. The number of nitrogens with zero attached hydrogens (tertiary/aromatic N) is 4. The van der Waals surface area contributed by atoms with Crippen LogP contribution < -0.4 is 5.73 Å². The van der Waals surface area contributed by atoms with Gasteiger partial charge in [-0.2, -0.15) is 4.98 Å². The van der Waals surface area contributed by atoms with Crippen molar-refractivity contribution in [2.24, 2.45) is 5.73 Å². The summed E-state index contributed by atoms with van der Waals surface area (Å²) in [5.41, 5.74) is 6.61. The third-order valence-corrected chi connectivity index (χ3v) is 5.04. The highest BCUT2D eigenvalue weighted by Crippen LogP contribution is 2.31. The molecule has 29 heavy (non-hydrogen) atoms. The molecular weight excluding hydrogens is 370 g/mol. The largest absolute Gasteiger partial charge is 0.366 e. The molecule has 1 fully saturated rings. The van der Waals surface area contributed by atoms with Crippen LogP contribution in [-0.2, 0) is 0 Å². The van der Waals surface area contributed by atoms with Crippen LogP contribution in [0.5, 0.6) is 0 Å². The highest BCUT2D eigenvalue weighted by molar-refractivity contribution is 5.95. The maximum Gasteiger partial charge on any atom is 0.273 e. The van der Waals surface area contributed by atoms with Gasteiger partial charge in [-0.3, -0.25) is 14.6 Å². The van der Waals surface area contributed by atoms with Gasteiger partial charge in [0.2, 0.25) is 5.91 Å². The van der Waals surface area contributed by atoms with Crippen LogP contribution in [0.3, 0.4) is 0 Å². The van der Waals surface area contributed by atoms with Crippen molar-refractivity contribution in [3.8, 4) is 11.5 Å². The van der Waals surface area contributed by atoms with Gasteiger partial charge in [-0.05, 0) is 37.1 Å². The summed E-state index contributed by atoms with van der Waals surface area (Å²) in [5.74, 6) is 0.123. The Hall–Kier alpha value is -3.55. The van der Waals surface area contributed by atoms with Crippen LogP contribution in [0, 0.1) is 0 Å². The van der Waals surface area contributed by atoms with Gasteiger partial charge in [-0.25, -0.2) is 0 Å². The summed E-state index contributed by atoms with van der Waals surface area (Å²) in [7, 11) is 0. The number of amides is 2. The second kappa shape index (κ2) is 8.22. The third kappa shape index (κ3) is 4.01. The molecule has 3 aromatic rings. The van der Waals surface area contributed by atoms with Gasteiger partial charge in [-0.15, -0.1) is 0 Å². The number of pyridine rings is 1. The molecule has 148 valence electrons. The lowest BCUT2D eigenvalue weighted by Gasteiger charge is -2.27. The molecule has 2 N–H and O–H groups in total. The number of rotatable bonds is 4. The Morgan fingerprint density at radius 2 is 1.90 bits per heavy atom. The fourth-order valence-corrected chi connectivity index (χ4v) is 3.50. The quantitative estimate of drug-likeness (QED) is 0.731. The summed E-state index contributed by atoms with van der Waals surface area (Å²) in [6.07, 6.45) is 4.96. The van der Waals surface area contributed by atoms with Crippen LogP contribution in [-0.4, -0.2) is 38.4 Å². The summed E-state index contributed by atoms with van der Waals surface area (Å²) in [6, 6.07) is 12.3.